The van der Waals surface area contributed by atoms with Crippen LogP contribution in [0.15, 0.2) is 60.6 Å². The van der Waals surface area contributed by atoms with E-state index < -0.39 is 23.7 Å². The molecular formula is C21H22N4O4. The summed E-state index contributed by atoms with van der Waals surface area (Å²) in [6.07, 6.45) is 4.73. The molecule has 150 valence electrons. The molecular weight excluding hydrogens is 372 g/mol. The number of Topliss-reactive ketones (excluding diaryl/α,β-unsaturated/α-hetero) is 1. The van der Waals surface area contributed by atoms with Crippen molar-refractivity contribution in [3.63, 3.8) is 0 Å². The van der Waals surface area contributed by atoms with Crippen molar-refractivity contribution < 1.29 is 19.5 Å². The number of nitrogens with one attached hydrogen (secondary N) is 1. The number of carbonyl (C=O) groups excluding carboxylic acids is 2. The van der Waals surface area contributed by atoms with Crippen molar-refractivity contribution in [2.75, 3.05) is 18.4 Å². The summed E-state index contributed by atoms with van der Waals surface area (Å²) in [5.41, 5.74) is 0.370. The molecule has 0 bridgehead atoms. The molecule has 2 heterocycles. The Morgan fingerprint density at radius 3 is 2.66 bits per heavy atom. The lowest BCUT2D eigenvalue weighted by Crippen LogP contribution is -2.60. The lowest BCUT2D eigenvalue weighted by molar-refractivity contribution is -0.162. The normalized spacial score (nSPS) is 17.5. The maximum absolute atomic E-state index is 13.2. The summed E-state index contributed by atoms with van der Waals surface area (Å²) in [4.78, 5) is 42.0. The molecule has 0 spiro atoms. The second-order valence-electron chi connectivity index (χ2n) is 6.55. The summed E-state index contributed by atoms with van der Waals surface area (Å²) >= 11 is 0. The quantitative estimate of drug-likeness (QED) is 0.694. The van der Waals surface area contributed by atoms with Crippen LogP contribution in [0.4, 0.5) is 5.69 Å². The molecule has 0 aliphatic carbocycles. The number of anilines is 1. The second kappa shape index (κ2) is 8.24. The highest BCUT2D eigenvalue weighted by Crippen LogP contribution is 2.30. The number of nitrogens with zero attached hydrogens (tertiary/aromatic N) is 3. The summed E-state index contributed by atoms with van der Waals surface area (Å²) in [5.74, 6) is -2.20. The molecule has 0 saturated heterocycles. The van der Waals surface area contributed by atoms with Crippen molar-refractivity contribution in [2.24, 2.45) is 0 Å². The maximum Gasteiger partial charge on any atom is 0.327 e. The third kappa shape index (κ3) is 3.62. The van der Waals surface area contributed by atoms with Gasteiger partial charge in [0, 0.05) is 30.1 Å². The van der Waals surface area contributed by atoms with Crippen LogP contribution in [0.25, 0.3) is 10.8 Å². The molecule has 0 saturated carbocycles. The summed E-state index contributed by atoms with van der Waals surface area (Å²) in [6.45, 7) is 6.98. The van der Waals surface area contributed by atoms with Crippen LogP contribution < -0.4 is 5.32 Å². The largest absolute Gasteiger partial charge is 0.480 e. The number of carbonyl (C=O) groups is 3. The highest BCUT2D eigenvalue weighted by Gasteiger charge is 2.44. The van der Waals surface area contributed by atoms with E-state index in [-0.39, 0.29) is 24.4 Å². The standard InChI is InChI=1S/C21H22N4O4/c1-4-10-25-19(21(28)29)17(13(3)26)18(20(27)24(25)5-2)23-16-12-22-11-14-8-6-7-9-15(14)16/h4,6-9,11-12,19,23H,1,5,10H2,2-3H3,(H,28,29). The molecule has 1 aliphatic heterocycles. The Labute approximate surface area is 168 Å². The van der Waals surface area contributed by atoms with Gasteiger partial charge in [-0.05, 0) is 13.8 Å². The van der Waals surface area contributed by atoms with E-state index in [9.17, 15) is 19.5 Å². The monoisotopic (exact) mass is 394 g/mol. The van der Waals surface area contributed by atoms with Crippen molar-refractivity contribution in [3.05, 3.63) is 60.6 Å². The van der Waals surface area contributed by atoms with Gasteiger partial charge in [0.2, 0.25) is 0 Å². The van der Waals surface area contributed by atoms with Gasteiger partial charge in [-0.3, -0.25) is 24.4 Å². The SMILES string of the molecule is C=CCN1C(C(=O)O)C(C(C)=O)=C(Nc2cncc3ccccc23)C(=O)N1CC. The van der Waals surface area contributed by atoms with Crippen molar-refractivity contribution in [1.29, 1.82) is 0 Å². The average molecular weight is 394 g/mol. The molecule has 1 aliphatic rings. The van der Waals surface area contributed by atoms with E-state index in [0.717, 1.165) is 10.8 Å². The Hall–Kier alpha value is -3.52. The summed E-state index contributed by atoms with van der Waals surface area (Å²) < 4.78 is 0. The minimum Gasteiger partial charge on any atom is -0.480 e. The Bertz CT molecular complexity index is 1030. The lowest BCUT2D eigenvalue weighted by Gasteiger charge is -2.42. The first-order valence-corrected chi connectivity index (χ1v) is 9.17. The van der Waals surface area contributed by atoms with E-state index in [1.807, 2.05) is 24.3 Å². The van der Waals surface area contributed by atoms with Gasteiger partial charge in [-0.2, -0.15) is 5.01 Å². The van der Waals surface area contributed by atoms with Crippen molar-refractivity contribution >= 4 is 34.1 Å². The average Bonchev–Trinajstić information content (AvgIpc) is 2.69. The zero-order valence-corrected chi connectivity index (χ0v) is 16.3. The van der Waals surface area contributed by atoms with Gasteiger partial charge in [0.15, 0.2) is 11.8 Å². The van der Waals surface area contributed by atoms with Crippen LogP contribution in [0.1, 0.15) is 13.8 Å². The highest BCUT2D eigenvalue weighted by atomic mass is 16.4. The second-order valence-corrected chi connectivity index (χ2v) is 6.55. The fourth-order valence-corrected chi connectivity index (χ4v) is 3.54. The van der Waals surface area contributed by atoms with Crippen LogP contribution in [0, 0.1) is 0 Å². The predicted octanol–water partition coefficient (Wildman–Crippen LogP) is 2.21. The van der Waals surface area contributed by atoms with E-state index in [0.29, 0.717) is 5.69 Å². The molecule has 1 aromatic heterocycles. The van der Waals surface area contributed by atoms with Crippen LogP contribution in [0.5, 0.6) is 0 Å². The fourth-order valence-electron chi connectivity index (χ4n) is 3.54. The molecule has 8 heteroatoms. The van der Waals surface area contributed by atoms with Crippen molar-refractivity contribution in [1.82, 2.24) is 15.0 Å². The van der Waals surface area contributed by atoms with Gasteiger partial charge in [-0.25, -0.2) is 0 Å². The van der Waals surface area contributed by atoms with Crippen LogP contribution in [0.3, 0.4) is 0 Å². The number of likely N-dealkylation sites (N-methyl/N-ethyl adjacent to an activating group) is 1. The van der Waals surface area contributed by atoms with Crippen molar-refractivity contribution in [2.45, 2.75) is 19.9 Å². The number of benzene rings is 1. The molecule has 2 aromatic rings. The molecule has 8 nitrogen and oxygen atoms in total. The van der Waals surface area contributed by atoms with E-state index in [1.54, 1.807) is 19.3 Å². The zero-order valence-electron chi connectivity index (χ0n) is 16.3. The number of amides is 1. The molecule has 0 fully saturated rings. The van der Waals surface area contributed by atoms with E-state index in [1.165, 1.54) is 23.0 Å². The lowest BCUT2D eigenvalue weighted by atomic mass is 9.96. The first kappa shape index (κ1) is 20.2. The number of hydrogen-bond acceptors (Lipinski definition) is 6. The number of carboxylic acid groups (broad SMARTS) is 1. The number of rotatable bonds is 7. The number of aliphatic carboxylic acids is 1. The number of carboxylic acids is 1. The molecule has 1 aromatic carbocycles. The first-order chi connectivity index (χ1) is 13.9. The summed E-state index contributed by atoms with van der Waals surface area (Å²) in [5, 5.41) is 17.2. The smallest absolute Gasteiger partial charge is 0.327 e. The third-order valence-electron chi connectivity index (χ3n) is 4.76. The molecule has 1 unspecified atom stereocenters. The van der Waals surface area contributed by atoms with Gasteiger partial charge < -0.3 is 10.4 Å². The summed E-state index contributed by atoms with van der Waals surface area (Å²) in [6, 6.07) is 6.14. The molecule has 1 amide bonds. The van der Waals surface area contributed by atoms with E-state index >= 15 is 0 Å². The van der Waals surface area contributed by atoms with Gasteiger partial charge in [-0.1, -0.05) is 30.3 Å². The minimum absolute atomic E-state index is 0.0507. The van der Waals surface area contributed by atoms with Crippen LogP contribution >= 0.6 is 0 Å². The molecule has 29 heavy (non-hydrogen) atoms. The number of hydrogen-bond donors (Lipinski definition) is 2. The first-order valence-electron chi connectivity index (χ1n) is 9.17. The summed E-state index contributed by atoms with van der Waals surface area (Å²) in [7, 11) is 0. The minimum atomic E-state index is -1.31. The van der Waals surface area contributed by atoms with Crippen LogP contribution in [-0.4, -0.2) is 56.9 Å². The number of pyridine rings is 1. The number of hydrazine groups is 1. The molecule has 1 atom stereocenters. The van der Waals surface area contributed by atoms with Crippen LogP contribution in [-0.2, 0) is 14.4 Å². The fraction of sp³-hybridized carbons (Fsp3) is 0.238. The van der Waals surface area contributed by atoms with Gasteiger partial charge in [0.1, 0.15) is 5.70 Å². The van der Waals surface area contributed by atoms with Gasteiger partial charge in [0.05, 0.1) is 17.5 Å². The van der Waals surface area contributed by atoms with Gasteiger partial charge >= 0.3 is 5.97 Å². The van der Waals surface area contributed by atoms with Gasteiger partial charge in [-0.15, -0.1) is 6.58 Å². The Kier molecular flexibility index (Phi) is 5.74. The van der Waals surface area contributed by atoms with Crippen molar-refractivity contribution in [3.8, 4) is 0 Å². The molecule has 2 N–H and O–H groups in total. The Morgan fingerprint density at radius 1 is 1.31 bits per heavy atom. The molecule has 0 radical (unpaired) electrons. The topological polar surface area (TPSA) is 103 Å². The Morgan fingerprint density at radius 2 is 2.03 bits per heavy atom. The number of aromatic nitrogens is 1. The Balaban J connectivity index is 2.21. The third-order valence-corrected chi connectivity index (χ3v) is 4.76. The van der Waals surface area contributed by atoms with Gasteiger partial charge in [0.25, 0.3) is 5.91 Å². The van der Waals surface area contributed by atoms with E-state index in [4.69, 9.17) is 0 Å². The zero-order chi connectivity index (χ0) is 21.1. The maximum atomic E-state index is 13.2. The predicted molar refractivity (Wildman–Crippen MR) is 109 cm³/mol. The number of ketones is 1. The van der Waals surface area contributed by atoms with Crippen LogP contribution in [0.2, 0.25) is 0 Å². The number of fused-ring (bicyclic) bond motifs is 1. The highest BCUT2D eigenvalue weighted by molar-refractivity contribution is 6.12. The van der Waals surface area contributed by atoms with E-state index in [2.05, 4.69) is 16.9 Å². The molecule has 3 rings (SSSR count).